The number of hydrogen-bond donors (Lipinski definition) is 2. The Kier molecular flexibility index (Phi) is 7.03. The van der Waals surface area contributed by atoms with Gasteiger partial charge < -0.3 is 20.3 Å². The first kappa shape index (κ1) is 21.3. The fourth-order valence-electron chi connectivity index (χ4n) is 3.28. The van der Waals surface area contributed by atoms with Gasteiger partial charge in [-0.25, -0.2) is 0 Å². The van der Waals surface area contributed by atoms with Crippen LogP contribution in [0.3, 0.4) is 0 Å². The summed E-state index contributed by atoms with van der Waals surface area (Å²) in [5.41, 5.74) is 1.46. The zero-order valence-electron chi connectivity index (χ0n) is 17.2. The molecule has 0 spiro atoms. The number of nitrogens with zero attached hydrogens (tertiary/aromatic N) is 2. The molecule has 0 aliphatic carbocycles. The molecule has 0 atom stereocenters. The summed E-state index contributed by atoms with van der Waals surface area (Å²) in [6.45, 7) is 4.28. The molecule has 1 heterocycles. The Bertz CT molecular complexity index is 906. The maximum atomic E-state index is 12.7. The predicted octanol–water partition coefficient (Wildman–Crippen LogP) is 2.05. The van der Waals surface area contributed by atoms with E-state index in [4.69, 9.17) is 4.74 Å². The number of piperazine rings is 1. The van der Waals surface area contributed by atoms with Crippen LogP contribution in [0.1, 0.15) is 17.3 Å². The average Bonchev–Trinajstić information content (AvgIpc) is 2.75. The summed E-state index contributed by atoms with van der Waals surface area (Å²) in [6, 6.07) is 13.9. The molecule has 1 saturated heterocycles. The highest BCUT2D eigenvalue weighted by Gasteiger charge is 2.21. The zero-order chi connectivity index (χ0) is 21.5. The van der Waals surface area contributed by atoms with Gasteiger partial charge in [-0.2, -0.15) is 0 Å². The Morgan fingerprint density at radius 3 is 2.23 bits per heavy atom. The van der Waals surface area contributed by atoms with Crippen molar-refractivity contribution in [3.8, 4) is 5.75 Å². The largest absolute Gasteiger partial charge is 0.497 e. The van der Waals surface area contributed by atoms with Gasteiger partial charge in [-0.1, -0.05) is 12.1 Å². The predicted molar refractivity (Wildman–Crippen MR) is 115 cm³/mol. The molecule has 3 rings (SSSR count). The van der Waals surface area contributed by atoms with E-state index in [1.54, 1.807) is 67.5 Å². The number of hydrogen-bond acceptors (Lipinski definition) is 5. The second kappa shape index (κ2) is 9.89. The molecule has 0 radical (unpaired) electrons. The molecule has 3 amide bonds. The molecule has 0 unspecified atom stereocenters. The molecule has 1 aliphatic heterocycles. The van der Waals surface area contributed by atoms with Crippen molar-refractivity contribution in [1.82, 2.24) is 9.80 Å². The van der Waals surface area contributed by atoms with Gasteiger partial charge in [0.15, 0.2) is 0 Å². The molecule has 1 fully saturated rings. The fraction of sp³-hybridized carbons (Fsp3) is 0.318. The molecule has 8 heteroatoms. The van der Waals surface area contributed by atoms with Crippen LogP contribution < -0.4 is 15.4 Å². The minimum Gasteiger partial charge on any atom is -0.497 e. The van der Waals surface area contributed by atoms with E-state index < -0.39 is 0 Å². The van der Waals surface area contributed by atoms with Gasteiger partial charge in [0.2, 0.25) is 11.8 Å². The van der Waals surface area contributed by atoms with Gasteiger partial charge in [0.1, 0.15) is 5.75 Å². The Hall–Kier alpha value is -3.39. The van der Waals surface area contributed by atoms with Crippen molar-refractivity contribution in [3.63, 3.8) is 0 Å². The number of para-hydroxylation sites is 1. The standard InChI is InChI=1S/C22H26N4O4/c1-16(27)26-13-11-25(12-14-26)15-21(28)24-20-6-4-3-5-19(20)22(29)23-17-7-9-18(30-2)10-8-17/h3-10H,11-15H2,1-2H3,(H,23,29)(H,24,28). The van der Waals surface area contributed by atoms with Gasteiger partial charge in [0.25, 0.3) is 5.91 Å². The van der Waals surface area contributed by atoms with Gasteiger partial charge in [-0.3, -0.25) is 19.3 Å². The Morgan fingerprint density at radius 1 is 0.933 bits per heavy atom. The number of carbonyl (C=O) groups is 3. The summed E-state index contributed by atoms with van der Waals surface area (Å²) in [6.07, 6.45) is 0. The van der Waals surface area contributed by atoms with Crippen molar-refractivity contribution in [1.29, 1.82) is 0 Å². The maximum absolute atomic E-state index is 12.7. The first-order valence-electron chi connectivity index (χ1n) is 9.78. The Morgan fingerprint density at radius 2 is 1.60 bits per heavy atom. The normalized spacial score (nSPS) is 14.1. The number of anilines is 2. The first-order chi connectivity index (χ1) is 14.5. The molecule has 0 bridgehead atoms. The summed E-state index contributed by atoms with van der Waals surface area (Å²) in [5, 5.41) is 5.66. The molecule has 2 N–H and O–H groups in total. The molecule has 2 aromatic carbocycles. The van der Waals surface area contributed by atoms with Crippen molar-refractivity contribution in [2.24, 2.45) is 0 Å². The van der Waals surface area contributed by atoms with Crippen LogP contribution in [0.2, 0.25) is 0 Å². The lowest BCUT2D eigenvalue weighted by molar-refractivity contribution is -0.130. The number of carbonyl (C=O) groups excluding carboxylic acids is 3. The highest BCUT2D eigenvalue weighted by Crippen LogP contribution is 2.19. The number of ether oxygens (including phenoxy) is 1. The Labute approximate surface area is 175 Å². The molecule has 0 saturated carbocycles. The smallest absolute Gasteiger partial charge is 0.257 e. The SMILES string of the molecule is COc1ccc(NC(=O)c2ccccc2NC(=O)CN2CCN(C(C)=O)CC2)cc1. The third-order valence-corrected chi connectivity index (χ3v) is 4.98. The van der Waals surface area contributed by atoms with E-state index in [0.29, 0.717) is 48.9 Å². The van der Waals surface area contributed by atoms with Crippen molar-refractivity contribution in [2.75, 3.05) is 50.5 Å². The topological polar surface area (TPSA) is 91.0 Å². The summed E-state index contributed by atoms with van der Waals surface area (Å²) < 4.78 is 5.12. The van der Waals surface area contributed by atoms with Crippen LogP contribution in [0.25, 0.3) is 0 Å². The van der Waals surface area contributed by atoms with E-state index in [0.717, 1.165) is 0 Å². The summed E-state index contributed by atoms with van der Waals surface area (Å²) in [5.74, 6) is 0.239. The van der Waals surface area contributed by atoms with Crippen molar-refractivity contribution < 1.29 is 19.1 Å². The third kappa shape index (κ3) is 5.57. The van der Waals surface area contributed by atoms with Crippen LogP contribution in [0.15, 0.2) is 48.5 Å². The van der Waals surface area contributed by atoms with Crippen molar-refractivity contribution >= 4 is 29.1 Å². The van der Waals surface area contributed by atoms with Crippen LogP contribution in [0, 0.1) is 0 Å². The molecule has 8 nitrogen and oxygen atoms in total. The number of nitrogens with one attached hydrogen (secondary N) is 2. The number of amides is 3. The second-order valence-corrected chi connectivity index (χ2v) is 7.06. The lowest BCUT2D eigenvalue weighted by Crippen LogP contribution is -2.49. The van der Waals surface area contributed by atoms with Crippen LogP contribution in [-0.2, 0) is 9.59 Å². The molecular weight excluding hydrogens is 384 g/mol. The summed E-state index contributed by atoms with van der Waals surface area (Å²) in [7, 11) is 1.58. The summed E-state index contributed by atoms with van der Waals surface area (Å²) in [4.78, 5) is 40.4. The minimum absolute atomic E-state index is 0.0518. The maximum Gasteiger partial charge on any atom is 0.257 e. The molecular formula is C22H26N4O4. The van der Waals surface area contributed by atoms with E-state index >= 15 is 0 Å². The number of methoxy groups -OCH3 is 1. The number of benzene rings is 2. The zero-order valence-corrected chi connectivity index (χ0v) is 17.2. The highest BCUT2D eigenvalue weighted by molar-refractivity contribution is 6.10. The lowest BCUT2D eigenvalue weighted by atomic mass is 10.1. The van der Waals surface area contributed by atoms with E-state index in [1.165, 1.54) is 0 Å². The first-order valence-corrected chi connectivity index (χ1v) is 9.78. The van der Waals surface area contributed by atoms with Crippen LogP contribution in [0.5, 0.6) is 5.75 Å². The minimum atomic E-state index is -0.314. The van der Waals surface area contributed by atoms with E-state index in [2.05, 4.69) is 10.6 Å². The van der Waals surface area contributed by atoms with Crippen LogP contribution in [0.4, 0.5) is 11.4 Å². The van der Waals surface area contributed by atoms with Crippen LogP contribution in [-0.4, -0.2) is 67.4 Å². The van der Waals surface area contributed by atoms with E-state index in [1.807, 2.05) is 4.90 Å². The van der Waals surface area contributed by atoms with Crippen LogP contribution >= 0.6 is 0 Å². The quantitative estimate of drug-likeness (QED) is 0.761. The molecule has 30 heavy (non-hydrogen) atoms. The van der Waals surface area contributed by atoms with Crippen molar-refractivity contribution in [2.45, 2.75) is 6.92 Å². The van der Waals surface area contributed by atoms with Crippen molar-refractivity contribution in [3.05, 3.63) is 54.1 Å². The third-order valence-electron chi connectivity index (χ3n) is 4.98. The van der Waals surface area contributed by atoms with Gasteiger partial charge in [0, 0.05) is 38.8 Å². The van der Waals surface area contributed by atoms with Gasteiger partial charge in [-0.15, -0.1) is 0 Å². The molecule has 158 valence electrons. The summed E-state index contributed by atoms with van der Waals surface area (Å²) >= 11 is 0. The van der Waals surface area contributed by atoms with Gasteiger partial charge in [-0.05, 0) is 36.4 Å². The molecule has 1 aliphatic rings. The second-order valence-electron chi connectivity index (χ2n) is 7.06. The van der Waals surface area contributed by atoms with Gasteiger partial charge >= 0.3 is 0 Å². The number of rotatable bonds is 6. The van der Waals surface area contributed by atoms with Gasteiger partial charge in [0.05, 0.1) is 24.9 Å². The highest BCUT2D eigenvalue weighted by atomic mass is 16.5. The average molecular weight is 410 g/mol. The fourth-order valence-corrected chi connectivity index (χ4v) is 3.28. The molecule has 2 aromatic rings. The Balaban J connectivity index is 1.59. The monoisotopic (exact) mass is 410 g/mol. The van der Waals surface area contributed by atoms with E-state index in [9.17, 15) is 14.4 Å². The molecule has 0 aromatic heterocycles. The van der Waals surface area contributed by atoms with E-state index in [-0.39, 0.29) is 24.3 Å². The lowest BCUT2D eigenvalue weighted by Gasteiger charge is -2.33.